The molecule has 0 radical (unpaired) electrons. The van der Waals surface area contributed by atoms with Crippen molar-refractivity contribution in [3.05, 3.63) is 65.2 Å². The maximum absolute atomic E-state index is 13.4. The summed E-state index contributed by atoms with van der Waals surface area (Å²) in [6.07, 6.45) is 0. The van der Waals surface area contributed by atoms with E-state index in [1.54, 1.807) is 12.1 Å². The van der Waals surface area contributed by atoms with E-state index in [0.29, 0.717) is 6.54 Å². The van der Waals surface area contributed by atoms with Crippen molar-refractivity contribution in [2.24, 2.45) is 5.73 Å². The van der Waals surface area contributed by atoms with Crippen molar-refractivity contribution in [3.63, 3.8) is 0 Å². The standard InChI is InChI=1S/C14H14F2N2O2S/c15-12-3-6-14(16)11(7-12)9-18-21(19,20)13-4-1-10(8-17)2-5-13/h1-7,18H,8-9,17H2. The Balaban J connectivity index is 2.15. The van der Waals surface area contributed by atoms with E-state index in [9.17, 15) is 17.2 Å². The first-order chi connectivity index (χ1) is 9.92. The molecule has 0 atom stereocenters. The first-order valence-electron chi connectivity index (χ1n) is 6.15. The van der Waals surface area contributed by atoms with Crippen LogP contribution >= 0.6 is 0 Å². The van der Waals surface area contributed by atoms with Gasteiger partial charge in [0.2, 0.25) is 10.0 Å². The zero-order valence-corrected chi connectivity index (χ0v) is 11.8. The monoisotopic (exact) mass is 312 g/mol. The fraction of sp³-hybridized carbons (Fsp3) is 0.143. The molecule has 21 heavy (non-hydrogen) atoms. The summed E-state index contributed by atoms with van der Waals surface area (Å²) in [6.45, 7) is -0.0210. The number of hydrogen-bond acceptors (Lipinski definition) is 3. The van der Waals surface area contributed by atoms with Crippen molar-refractivity contribution in [1.82, 2.24) is 4.72 Å². The lowest BCUT2D eigenvalue weighted by Gasteiger charge is -2.08. The van der Waals surface area contributed by atoms with Gasteiger partial charge in [-0.15, -0.1) is 0 Å². The van der Waals surface area contributed by atoms with Gasteiger partial charge in [-0.3, -0.25) is 0 Å². The molecule has 2 aromatic carbocycles. The van der Waals surface area contributed by atoms with Gasteiger partial charge in [-0.25, -0.2) is 21.9 Å². The van der Waals surface area contributed by atoms with Gasteiger partial charge in [0.05, 0.1) is 4.90 Å². The highest BCUT2D eigenvalue weighted by Crippen LogP contribution is 2.13. The molecule has 0 aliphatic rings. The average Bonchev–Trinajstić information content (AvgIpc) is 2.48. The van der Waals surface area contributed by atoms with Crippen LogP contribution in [-0.4, -0.2) is 8.42 Å². The van der Waals surface area contributed by atoms with Crippen LogP contribution in [0.25, 0.3) is 0 Å². The molecule has 7 heteroatoms. The smallest absolute Gasteiger partial charge is 0.240 e. The van der Waals surface area contributed by atoms with Crippen molar-refractivity contribution in [2.75, 3.05) is 0 Å². The molecule has 0 fully saturated rings. The topological polar surface area (TPSA) is 72.2 Å². The maximum atomic E-state index is 13.4. The lowest BCUT2D eigenvalue weighted by molar-refractivity contribution is 0.567. The van der Waals surface area contributed by atoms with Crippen LogP contribution in [0.15, 0.2) is 47.4 Å². The molecule has 0 amide bonds. The van der Waals surface area contributed by atoms with Gasteiger partial charge in [0, 0.05) is 18.7 Å². The summed E-state index contributed by atoms with van der Waals surface area (Å²) in [5, 5.41) is 0. The van der Waals surface area contributed by atoms with Gasteiger partial charge in [-0.2, -0.15) is 0 Å². The summed E-state index contributed by atoms with van der Waals surface area (Å²) >= 11 is 0. The SMILES string of the molecule is NCc1ccc(S(=O)(=O)NCc2cc(F)ccc2F)cc1. The Morgan fingerprint density at radius 1 is 1.05 bits per heavy atom. The van der Waals surface area contributed by atoms with E-state index in [1.165, 1.54) is 12.1 Å². The number of rotatable bonds is 5. The van der Waals surface area contributed by atoms with E-state index in [2.05, 4.69) is 4.72 Å². The van der Waals surface area contributed by atoms with Crippen molar-refractivity contribution < 1.29 is 17.2 Å². The third kappa shape index (κ3) is 3.84. The molecule has 2 aromatic rings. The second-order valence-corrected chi connectivity index (χ2v) is 6.18. The normalized spacial score (nSPS) is 11.6. The summed E-state index contributed by atoms with van der Waals surface area (Å²) in [7, 11) is -3.79. The van der Waals surface area contributed by atoms with Crippen LogP contribution in [0.4, 0.5) is 8.78 Å². The second kappa shape index (κ2) is 6.30. The molecule has 0 spiro atoms. The fourth-order valence-electron chi connectivity index (χ4n) is 1.74. The zero-order valence-electron chi connectivity index (χ0n) is 11.0. The van der Waals surface area contributed by atoms with E-state index >= 15 is 0 Å². The molecule has 112 valence electrons. The van der Waals surface area contributed by atoms with Gasteiger partial charge >= 0.3 is 0 Å². The van der Waals surface area contributed by atoms with Crippen molar-refractivity contribution >= 4 is 10.0 Å². The Morgan fingerprint density at radius 2 is 1.71 bits per heavy atom. The minimum atomic E-state index is -3.79. The van der Waals surface area contributed by atoms with Crippen molar-refractivity contribution in [3.8, 4) is 0 Å². The second-order valence-electron chi connectivity index (χ2n) is 4.41. The molecule has 0 aromatic heterocycles. The van der Waals surface area contributed by atoms with E-state index in [4.69, 9.17) is 5.73 Å². The third-order valence-corrected chi connectivity index (χ3v) is 4.35. The molecule has 2 rings (SSSR count). The number of benzene rings is 2. The molecule has 0 bridgehead atoms. The van der Waals surface area contributed by atoms with E-state index < -0.39 is 21.7 Å². The molecule has 3 N–H and O–H groups in total. The van der Waals surface area contributed by atoms with Gasteiger partial charge < -0.3 is 5.73 Å². The first-order valence-corrected chi connectivity index (χ1v) is 7.63. The number of hydrogen-bond donors (Lipinski definition) is 2. The highest BCUT2D eigenvalue weighted by atomic mass is 32.2. The van der Waals surface area contributed by atoms with E-state index in [-0.39, 0.29) is 17.0 Å². The predicted octanol–water partition coefficient (Wildman–Crippen LogP) is 1.90. The molecule has 0 aliphatic carbocycles. The minimum Gasteiger partial charge on any atom is -0.326 e. The summed E-state index contributed by atoms with van der Waals surface area (Å²) < 4.78 is 52.8. The van der Waals surface area contributed by atoms with Gasteiger partial charge in [-0.1, -0.05) is 12.1 Å². The Labute approximate surface area is 121 Å². The van der Waals surface area contributed by atoms with Crippen LogP contribution in [0, 0.1) is 11.6 Å². The van der Waals surface area contributed by atoms with Crippen LogP contribution in [0.5, 0.6) is 0 Å². The van der Waals surface area contributed by atoms with Crippen LogP contribution in [-0.2, 0) is 23.1 Å². The Hall–Kier alpha value is -1.83. The molecule has 0 aliphatic heterocycles. The summed E-state index contributed by atoms with van der Waals surface area (Å²) in [4.78, 5) is 0.0384. The molecule has 0 unspecified atom stereocenters. The molecule has 0 saturated heterocycles. The lowest BCUT2D eigenvalue weighted by atomic mass is 10.2. The summed E-state index contributed by atoms with van der Waals surface area (Å²) in [5.41, 5.74) is 6.17. The van der Waals surface area contributed by atoms with E-state index in [1.807, 2.05) is 0 Å². The molecular weight excluding hydrogens is 298 g/mol. The van der Waals surface area contributed by atoms with Gasteiger partial charge in [0.1, 0.15) is 11.6 Å². The zero-order chi connectivity index (χ0) is 15.5. The van der Waals surface area contributed by atoms with Gasteiger partial charge in [0.25, 0.3) is 0 Å². The van der Waals surface area contributed by atoms with Gasteiger partial charge in [-0.05, 0) is 35.9 Å². The molecule has 0 heterocycles. The van der Waals surface area contributed by atoms with Crippen molar-refractivity contribution in [1.29, 1.82) is 0 Å². The van der Waals surface area contributed by atoms with Crippen LogP contribution in [0.1, 0.15) is 11.1 Å². The van der Waals surface area contributed by atoms with Crippen LogP contribution < -0.4 is 10.5 Å². The van der Waals surface area contributed by atoms with Gasteiger partial charge in [0.15, 0.2) is 0 Å². The lowest BCUT2D eigenvalue weighted by Crippen LogP contribution is -2.23. The van der Waals surface area contributed by atoms with Crippen LogP contribution in [0.3, 0.4) is 0 Å². The quantitative estimate of drug-likeness (QED) is 0.886. The van der Waals surface area contributed by atoms with E-state index in [0.717, 1.165) is 23.8 Å². The number of sulfonamides is 1. The number of nitrogens with two attached hydrogens (primary N) is 1. The molecule has 4 nitrogen and oxygen atoms in total. The fourth-order valence-corrected chi connectivity index (χ4v) is 2.75. The third-order valence-electron chi connectivity index (χ3n) is 2.93. The Bertz CT molecular complexity index is 731. The Morgan fingerprint density at radius 3 is 2.33 bits per heavy atom. The summed E-state index contributed by atoms with van der Waals surface area (Å²) in [5.74, 6) is -1.30. The Kier molecular flexibility index (Phi) is 4.66. The number of nitrogens with one attached hydrogen (secondary N) is 1. The van der Waals surface area contributed by atoms with Crippen LogP contribution in [0.2, 0.25) is 0 Å². The highest BCUT2D eigenvalue weighted by molar-refractivity contribution is 7.89. The number of halogens is 2. The minimum absolute atomic E-state index is 0.0384. The first kappa shape index (κ1) is 15.6. The maximum Gasteiger partial charge on any atom is 0.240 e. The molecular formula is C14H14F2N2O2S. The largest absolute Gasteiger partial charge is 0.326 e. The molecule has 0 saturated carbocycles. The van der Waals surface area contributed by atoms with Crippen molar-refractivity contribution in [2.45, 2.75) is 18.0 Å². The summed E-state index contributed by atoms with van der Waals surface area (Å²) in [6, 6.07) is 8.89. The predicted molar refractivity (Wildman–Crippen MR) is 74.7 cm³/mol. The highest BCUT2D eigenvalue weighted by Gasteiger charge is 2.14. The average molecular weight is 312 g/mol.